The van der Waals surface area contributed by atoms with Gasteiger partial charge in [-0.25, -0.2) is 4.98 Å². The molecule has 1 heterocycles. The molecule has 0 aliphatic rings. The monoisotopic (exact) mass is 269 g/mol. The van der Waals surface area contributed by atoms with Crippen LogP contribution in [-0.2, 0) is 0 Å². The fourth-order valence-corrected chi connectivity index (χ4v) is 1.88. The average molecular weight is 269 g/mol. The molecule has 1 aromatic carbocycles. The number of nitrogens with zero attached hydrogens (tertiary/aromatic N) is 2. The largest absolute Gasteiger partial charge is 0.370 e. The lowest BCUT2D eigenvalue weighted by Crippen LogP contribution is -2.26. The topological polar surface area (TPSA) is 45.2 Å². The van der Waals surface area contributed by atoms with Gasteiger partial charge in [0.25, 0.3) is 5.91 Å². The van der Waals surface area contributed by atoms with Gasteiger partial charge in [-0.2, -0.15) is 0 Å². The molecule has 1 N–H and O–H groups in total. The maximum absolute atomic E-state index is 12.4. The molecule has 20 heavy (non-hydrogen) atoms. The SMILES string of the molecule is CCCNc1cc(C(=O)N(C)c2ccccc2)ccn1. The van der Waals surface area contributed by atoms with E-state index in [1.54, 1.807) is 30.3 Å². The van der Waals surface area contributed by atoms with Crippen molar-refractivity contribution in [3.8, 4) is 0 Å². The molecule has 0 bridgehead atoms. The summed E-state index contributed by atoms with van der Waals surface area (Å²) in [6.07, 6.45) is 2.67. The van der Waals surface area contributed by atoms with Gasteiger partial charge in [0.05, 0.1) is 0 Å². The number of hydrogen-bond donors (Lipinski definition) is 1. The van der Waals surface area contributed by atoms with Crippen LogP contribution in [0.4, 0.5) is 11.5 Å². The van der Waals surface area contributed by atoms with Crippen LogP contribution >= 0.6 is 0 Å². The number of anilines is 2. The van der Waals surface area contributed by atoms with Gasteiger partial charge in [-0.1, -0.05) is 25.1 Å². The lowest BCUT2D eigenvalue weighted by Gasteiger charge is -2.17. The van der Waals surface area contributed by atoms with Gasteiger partial charge in [0.2, 0.25) is 0 Å². The van der Waals surface area contributed by atoms with E-state index in [4.69, 9.17) is 0 Å². The summed E-state index contributed by atoms with van der Waals surface area (Å²) < 4.78 is 0. The van der Waals surface area contributed by atoms with E-state index in [-0.39, 0.29) is 5.91 Å². The van der Waals surface area contributed by atoms with Crippen LogP contribution in [0.2, 0.25) is 0 Å². The molecule has 0 unspecified atom stereocenters. The Balaban J connectivity index is 2.16. The van der Waals surface area contributed by atoms with Crippen LogP contribution < -0.4 is 10.2 Å². The average Bonchev–Trinajstić information content (AvgIpc) is 2.52. The van der Waals surface area contributed by atoms with E-state index in [2.05, 4.69) is 17.2 Å². The first-order valence-electron chi connectivity index (χ1n) is 6.75. The first-order chi connectivity index (χ1) is 9.72. The van der Waals surface area contributed by atoms with Gasteiger partial charge >= 0.3 is 0 Å². The lowest BCUT2D eigenvalue weighted by atomic mass is 10.2. The second kappa shape index (κ2) is 6.70. The summed E-state index contributed by atoms with van der Waals surface area (Å²) in [5.41, 5.74) is 1.50. The fraction of sp³-hybridized carbons (Fsp3) is 0.250. The van der Waals surface area contributed by atoms with E-state index in [0.29, 0.717) is 5.56 Å². The molecule has 4 heteroatoms. The fourth-order valence-electron chi connectivity index (χ4n) is 1.88. The third-order valence-corrected chi connectivity index (χ3v) is 3.01. The predicted octanol–water partition coefficient (Wildman–Crippen LogP) is 3.18. The zero-order valence-electron chi connectivity index (χ0n) is 11.8. The first kappa shape index (κ1) is 14.1. The second-order valence-electron chi connectivity index (χ2n) is 4.56. The number of nitrogens with one attached hydrogen (secondary N) is 1. The van der Waals surface area contributed by atoms with Crippen LogP contribution in [0.5, 0.6) is 0 Å². The quantitative estimate of drug-likeness (QED) is 0.906. The van der Waals surface area contributed by atoms with E-state index in [1.807, 2.05) is 30.3 Å². The molecule has 2 aromatic rings. The van der Waals surface area contributed by atoms with Gasteiger partial charge < -0.3 is 10.2 Å². The number of rotatable bonds is 5. The summed E-state index contributed by atoms with van der Waals surface area (Å²) in [5, 5.41) is 3.19. The third kappa shape index (κ3) is 3.35. The summed E-state index contributed by atoms with van der Waals surface area (Å²) >= 11 is 0. The summed E-state index contributed by atoms with van der Waals surface area (Å²) in [6.45, 7) is 2.93. The Morgan fingerprint density at radius 2 is 2.00 bits per heavy atom. The molecule has 4 nitrogen and oxygen atoms in total. The van der Waals surface area contributed by atoms with E-state index < -0.39 is 0 Å². The third-order valence-electron chi connectivity index (χ3n) is 3.01. The molecule has 2 rings (SSSR count). The molecule has 1 aromatic heterocycles. The molecule has 0 atom stereocenters. The molecule has 0 aliphatic carbocycles. The highest BCUT2D eigenvalue weighted by Gasteiger charge is 2.13. The van der Waals surface area contributed by atoms with Crippen LogP contribution in [0.15, 0.2) is 48.7 Å². The molecular weight excluding hydrogens is 250 g/mol. The number of hydrogen-bond acceptors (Lipinski definition) is 3. The molecule has 0 radical (unpaired) electrons. The highest BCUT2D eigenvalue weighted by Crippen LogP contribution is 2.16. The lowest BCUT2D eigenvalue weighted by molar-refractivity contribution is 0.0993. The number of carbonyl (C=O) groups is 1. The summed E-state index contributed by atoms with van der Waals surface area (Å²) in [6, 6.07) is 13.1. The van der Waals surface area contributed by atoms with Crippen molar-refractivity contribution in [3.05, 3.63) is 54.2 Å². The van der Waals surface area contributed by atoms with Crippen LogP contribution in [0.25, 0.3) is 0 Å². The number of benzene rings is 1. The Morgan fingerprint density at radius 3 is 2.70 bits per heavy atom. The van der Waals surface area contributed by atoms with E-state index >= 15 is 0 Å². The first-order valence-corrected chi connectivity index (χ1v) is 6.75. The maximum atomic E-state index is 12.4. The molecule has 0 saturated heterocycles. The van der Waals surface area contributed by atoms with Crippen molar-refractivity contribution in [1.82, 2.24) is 4.98 Å². The Hall–Kier alpha value is -2.36. The van der Waals surface area contributed by atoms with E-state index in [1.165, 1.54) is 0 Å². The van der Waals surface area contributed by atoms with Crippen LogP contribution in [0.3, 0.4) is 0 Å². The van der Waals surface area contributed by atoms with Crippen molar-refractivity contribution >= 4 is 17.4 Å². The highest BCUT2D eigenvalue weighted by molar-refractivity contribution is 6.06. The van der Waals surface area contributed by atoms with Gasteiger partial charge in [0.15, 0.2) is 0 Å². The minimum absolute atomic E-state index is 0.0434. The van der Waals surface area contributed by atoms with Crippen LogP contribution in [0, 0.1) is 0 Å². The minimum Gasteiger partial charge on any atom is -0.370 e. The molecule has 0 spiro atoms. The summed E-state index contributed by atoms with van der Waals surface area (Å²) in [7, 11) is 1.78. The second-order valence-corrected chi connectivity index (χ2v) is 4.56. The Morgan fingerprint density at radius 1 is 1.25 bits per heavy atom. The van der Waals surface area contributed by atoms with Crippen molar-refractivity contribution in [2.24, 2.45) is 0 Å². The molecule has 0 fully saturated rings. The van der Waals surface area contributed by atoms with Crippen molar-refractivity contribution in [2.45, 2.75) is 13.3 Å². The van der Waals surface area contributed by atoms with Gasteiger partial charge in [-0.3, -0.25) is 4.79 Å². The molecule has 0 saturated carbocycles. The Labute approximate surface area is 119 Å². The summed E-state index contributed by atoms with van der Waals surface area (Å²) in [4.78, 5) is 18.3. The van der Waals surface area contributed by atoms with Gasteiger partial charge in [0, 0.05) is 31.0 Å². The van der Waals surface area contributed by atoms with Gasteiger partial charge in [-0.05, 0) is 30.7 Å². The number of para-hydroxylation sites is 1. The summed E-state index contributed by atoms with van der Waals surface area (Å²) in [5.74, 6) is 0.692. The van der Waals surface area contributed by atoms with Crippen molar-refractivity contribution in [3.63, 3.8) is 0 Å². The number of carbonyl (C=O) groups excluding carboxylic acids is 1. The normalized spacial score (nSPS) is 10.1. The molecule has 0 aliphatic heterocycles. The van der Waals surface area contributed by atoms with Crippen molar-refractivity contribution < 1.29 is 4.79 Å². The highest BCUT2D eigenvalue weighted by atomic mass is 16.2. The number of pyridine rings is 1. The molecule has 1 amide bonds. The number of aromatic nitrogens is 1. The molecular formula is C16H19N3O. The minimum atomic E-state index is -0.0434. The van der Waals surface area contributed by atoms with Gasteiger partial charge in [-0.15, -0.1) is 0 Å². The van der Waals surface area contributed by atoms with Crippen molar-refractivity contribution in [2.75, 3.05) is 23.8 Å². The van der Waals surface area contributed by atoms with E-state index in [9.17, 15) is 4.79 Å². The zero-order valence-corrected chi connectivity index (χ0v) is 11.8. The van der Waals surface area contributed by atoms with Crippen LogP contribution in [-0.4, -0.2) is 24.5 Å². The maximum Gasteiger partial charge on any atom is 0.258 e. The zero-order chi connectivity index (χ0) is 14.4. The van der Waals surface area contributed by atoms with Crippen LogP contribution in [0.1, 0.15) is 23.7 Å². The smallest absolute Gasteiger partial charge is 0.258 e. The predicted molar refractivity (Wildman–Crippen MR) is 82.2 cm³/mol. The van der Waals surface area contributed by atoms with Crippen molar-refractivity contribution in [1.29, 1.82) is 0 Å². The van der Waals surface area contributed by atoms with Gasteiger partial charge in [0.1, 0.15) is 5.82 Å². The standard InChI is InChI=1S/C16H19N3O/c1-3-10-17-15-12-13(9-11-18-15)16(20)19(2)14-7-5-4-6-8-14/h4-9,11-12H,3,10H2,1-2H3,(H,17,18). The molecule has 104 valence electrons. The Kier molecular flexibility index (Phi) is 4.71. The Bertz CT molecular complexity index is 569. The number of amides is 1. The van der Waals surface area contributed by atoms with E-state index in [0.717, 1.165) is 24.5 Å².